The maximum Gasteiger partial charge on any atom is 0.182 e. The van der Waals surface area contributed by atoms with Gasteiger partial charge in [-0.05, 0) is 48.5 Å². The van der Waals surface area contributed by atoms with Gasteiger partial charge in [0.1, 0.15) is 60.4 Å². The Morgan fingerprint density at radius 3 is 1.37 bits per heavy atom. The molecule has 0 fully saturated rings. The Hall–Kier alpha value is -11.3. The average Bonchev–Trinajstić information content (AvgIpc) is 1.72. The van der Waals surface area contributed by atoms with E-state index >= 15 is 0 Å². The SMILES string of the molecule is CC(C)(C)c1cccc2nncn12.CC(C)(C)c1cncc2nncn12.CC(C)(C)c1nccn2cnnc12.CC(C)(C)c1nnc2ccccn12.CC(C)(C)c1nnc2ccccn12.Cn1ccc2c(C(C)(C)C)ncnc21.Cn1ccc2cnc(C(C)(C)C)nc21.Cn1ncc2c(C(C)(C)C)ncnc21. The quantitative estimate of drug-likeness (QED) is 0.136. The number of rotatable bonds is 0. The fourth-order valence-electron chi connectivity index (χ4n) is 11.4. The maximum absolute atomic E-state index is 4.56. The van der Waals surface area contributed by atoms with Crippen molar-refractivity contribution in [2.24, 2.45) is 21.1 Å². The summed E-state index contributed by atoms with van der Waals surface area (Å²) in [5, 5.41) is 47.6. The van der Waals surface area contributed by atoms with Crippen LogP contribution in [-0.4, -0.2) is 132 Å². The van der Waals surface area contributed by atoms with Crippen LogP contribution in [0.5, 0.6) is 0 Å². The van der Waals surface area contributed by atoms with Gasteiger partial charge in [-0.3, -0.25) is 36.7 Å². The van der Waals surface area contributed by atoms with Gasteiger partial charge in [-0.2, -0.15) is 5.10 Å². The molecule has 16 heterocycles. The number of nitrogens with zero attached hydrogens (tertiary/aromatic N) is 27. The highest BCUT2D eigenvalue weighted by molar-refractivity contribution is 5.80. The van der Waals surface area contributed by atoms with E-state index in [1.165, 1.54) is 5.69 Å². The summed E-state index contributed by atoms with van der Waals surface area (Å²) in [6, 6.07) is 22.0. The van der Waals surface area contributed by atoms with E-state index in [9.17, 15) is 0 Å². The molecule has 16 rings (SSSR count). The molecule has 0 spiro atoms. The third-order valence-electron chi connectivity index (χ3n) is 16.9. The van der Waals surface area contributed by atoms with Crippen LogP contribution in [0.1, 0.15) is 212 Å². The summed E-state index contributed by atoms with van der Waals surface area (Å²) in [4.78, 5) is 34.5. The smallest absolute Gasteiger partial charge is 0.182 e. The second-order valence-electron chi connectivity index (χ2n) is 34.6. The van der Waals surface area contributed by atoms with Crippen molar-refractivity contribution in [3.63, 3.8) is 0 Å². The van der Waals surface area contributed by atoms with Gasteiger partial charge in [-0.15, -0.1) is 51.0 Å². The molecule has 0 aliphatic carbocycles. The highest BCUT2D eigenvalue weighted by atomic mass is 15.3. The first kappa shape index (κ1) is 79.9. The van der Waals surface area contributed by atoms with Crippen molar-refractivity contribution in [1.82, 2.24) is 132 Å². The molecule has 0 unspecified atom stereocenters. The Kier molecular flexibility index (Phi) is 23.5. The standard InChI is InChI=1S/2C11H15N3.C10H14N4.3C10H13N3.2C9H12N4/c1-11(2,3)9-8-5-6-14(4)10(8)13-7-12-9;1-11(2,3)10-12-7-8-5-6-14(4)9(8)13-10;1-10(2,3)8-7-5-13-14(4)9(7)12-6-11-8;1-10(2,3)8-5-4-6-9-12-11-7-13(8)9;2*1-10(2,3)9-12-11-8-6-4-5-7-13(8)9;1-9(2,3)7-4-10-5-8-12-11-6-13(7)8;1-9(2,3)7-8-12-11-6-13(8)5-4-10-7/h2*5-7H,1-4H3;5-6H,1-4H3;3*4-7H,1-3H3;2*4-6H,1-3H3. The van der Waals surface area contributed by atoms with Gasteiger partial charge in [0.05, 0.1) is 34.9 Å². The zero-order valence-electron chi connectivity index (χ0n) is 67.6. The van der Waals surface area contributed by atoms with Gasteiger partial charge in [0, 0.05) is 136 Å². The van der Waals surface area contributed by atoms with E-state index in [0.29, 0.717) is 0 Å². The van der Waals surface area contributed by atoms with Crippen molar-refractivity contribution in [3.05, 3.63) is 206 Å². The van der Waals surface area contributed by atoms with Crippen molar-refractivity contribution < 1.29 is 0 Å². The summed E-state index contributed by atoms with van der Waals surface area (Å²) in [6.07, 6.45) is 27.3. The molecule has 16 aromatic heterocycles. The molecular weight excluding hydrogens is 1340 g/mol. The van der Waals surface area contributed by atoms with Gasteiger partial charge in [0.15, 0.2) is 33.9 Å². The molecular formula is C80H107N27. The highest BCUT2D eigenvalue weighted by Crippen LogP contribution is 2.30. The summed E-state index contributed by atoms with van der Waals surface area (Å²) in [5.74, 6) is 2.90. The maximum atomic E-state index is 4.56. The molecule has 0 aromatic carbocycles. The van der Waals surface area contributed by atoms with Gasteiger partial charge in [-0.1, -0.05) is 184 Å². The molecule has 16 aromatic rings. The molecule has 0 amide bonds. The van der Waals surface area contributed by atoms with E-state index in [2.05, 4.69) is 274 Å². The predicted octanol–water partition coefficient (Wildman–Crippen LogP) is 15.1. The van der Waals surface area contributed by atoms with Crippen molar-refractivity contribution >= 4 is 61.3 Å². The Bertz CT molecular complexity index is 5180. The predicted molar refractivity (Wildman–Crippen MR) is 423 cm³/mol. The summed E-state index contributed by atoms with van der Waals surface area (Å²) in [6.45, 7) is 51.4. The second kappa shape index (κ2) is 31.4. The fourth-order valence-corrected chi connectivity index (χ4v) is 11.4. The Morgan fingerprint density at radius 2 is 0.822 bits per heavy atom. The van der Waals surface area contributed by atoms with E-state index in [1.54, 1.807) is 48.7 Å². The van der Waals surface area contributed by atoms with Crippen molar-refractivity contribution in [2.45, 2.75) is 209 Å². The van der Waals surface area contributed by atoms with E-state index in [1.807, 2.05) is 156 Å². The number of aromatic nitrogens is 27. The summed E-state index contributed by atoms with van der Waals surface area (Å²) in [7, 11) is 5.89. The molecule has 0 bridgehead atoms. The largest absolute Gasteiger partial charge is 0.335 e. The van der Waals surface area contributed by atoms with Gasteiger partial charge in [-0.25, -0.2) is 29.9 Å². The minimum Gasteiger partial charge on any atom is -0.335 e. The van der Waals surface area contributed by atoms with Crippen LogP contribution in [0.4, 0.5) is 0 Å². The second-order valence-corrected chi connectivity index (χ2v) is 34.6. The molecule has 0 N–H and O–H groups in total. The Morgan fingerprint density at radius 1 is 0.318 bits per heavy atom. The molecule has 27 heteroatoms. The van der Waals surface area contributed by atoms with Crippen LogP contribution in [0, 0.1) is 0 Å². The zero-order chi connectivity index (χ0) is 78.4. The Labute approximate surface area is 627 Å². The molecule has 562 valence electrons. The minimum atomic E-state index is 0.00947. The van der Waals surface area contributed by atoms with Crippen LogP contribution in [0.15, 0.2) is 160 Å². The van der Waals surface area contributed by atoms with E-state index < -0.39 is 0 Å². The number of aryl methyl sites for hydroxylation is 3. The first-order valence-electron chi connectivity index (χ1n) is 35.8. The lowest BCUT2D eigenvalue weighted by atomic mass is 9.90. The number of hydrogen-bond donors (Lipinski definition) is 0. The molecule has 0 radical (unpaired) electrons. The van der Waals surface area contributed by atoms with Gasteiger partial charge in [0.25, 0.3) is 0 Å². The first-order valence-corrected chi connectivity index (χ1v) is 35.8. The van der Waals surface area contributed by atoms with Crippen LogP contribution in [-0.2, 0) is 64.5 Å². The highest BCUT2D eigenvalue weighted by Gasteiger charge is 2.26. The average molecular weight is 1450 g/mol. The van der Waals surface area contributed by atoms with Gasteiger partial charge < -0.3 is 9.13 Å². The van der Waals surface area contributed by atoms with Crippen molar-refractivity contribution in [3.8, 4) is 0 Å². The number of hydrogen-bond acceptors (Lipinski definition) is 19. The third kappa shape index (κ3) is 19.4. The summed E-state index contributed by atoms with van der Waals surface area (Å²) < 4.78 is 15.7. The number of fused-ring (bicyclic) bond motifs is 8. The molecule has 107 heavy (non-hydrogen) atoms. The van der Waals surface area contributed by atoms with E-state index in [4.69, 9.17) is 0 Å². The van der Waals surface area contributed by atoms with Crippen LogP contribution < -0.4 is 0 Å². The third-order valence-corrected chi connectivity index (χ3v) is 16.9. The molecule has 0 saturated heterocycles. The topological polar surface area (TPSA) is 282 Å². The Balaban J connectivity index is 0.000000141. The van der Waals surface area contributed by atoms with Crippen LogP contribution >= 0.6 is 0 Å². The normalized spacial score (nSPS) is 12.3. The van der Waals surface area contributed by atoms with Crippen LogP contribution in [0.3, 0.4) is 0 Å². The van der Waals surface area contributed by atoms with Crippen LogP contribution in [0.25, 0.3) is 61.3 Å². The summed E-state index contributed by atoms with van der Waals surface area (Å²) >= 11 is 0. The number of pyridine rings is 3. The first-order chi connectivity index (χ1) is 49.9. The van der Waals surface area contributed by atoms with E-state index in [0.717, 1.165) is 102 Å². The molecule has 0 aliphatic rings. The van der Waals surface area contributed by atoms with Crippen LogP contribution in [0.2, 0.25) is 0 Å². The lowest BCUT2D eigenvalue weighted by Gasteiger charge is -2.19. The molecule has 27 nitrogen and oxygen atoms in total. The van der Waals surface area contributed by atoms with Gasteiger partial charge >= 0.3 is 0 Å². The molecule has 0 aliphatic heterocycles. The molecule has 0 atom stereocenters. The minimum absolute atomic E-state index is 0.00947. The fraction of sp³-hybridized carbons (Fsp3) is 0.438. The van der Waals surface area contributed by atoms with Crippen molar-refractivity contribution in [1.29, 1.82) is 0 Å². The van der Waals surface area contributed by atoms with Crippen molar-refractivity contribution in [2.75, 3.05) is 0 Å². The lowest BCUT2D eigenvalue weighted by Crippen LogP contribution is -2.16. The lowest BCUT2D eigenvalue weighted by molar-refractivity contribution is 0.538. The zero-order valence-corrected chi connectivity index (χ0v) is 67.6. The molecule has 0 saturated carbocycles. The summed E-state index contributed by atoms with van der Waals surface area (Å²) in [5.41, 5.74) is 13.2. The van der Waals surface area contributed by atoms with Gasteiger partial charge in [0.2, 0.25) is 0 Å². The monoisotopic (exact) mass is 1450 g/mol. The van der Waals surface area contributed by atoms with E-state index in [-0.39, 0.29) is 43.3 Å².